The van der Waals surface area contributed by atoms with Gasteiger partial charge in [-0.15, -0.1) is 0 Å². The third-order valence-electron chi connectivity index (χ3n) is 8.17. The molecule has 3 aliphatic heterocycles. The van der Waals surface area contributed by atoms with Gasteiger partial charge in [-0.1, -0.05) is 30.3 Å². The second-order valence-corrected chi connectivity index (χ2v) is 10.5. The number of ether oxygens (including phenoxy) is 1. The first-order valence-electron chi connectivity index (χ1n) is 13.4. The lowest BCUT2D eigenvalue weighted by atomic mass is 10.1. The summed E-state index contributed by atoms with van der Waals surface area (Å²) >= 11 is 0. The Morgan fingerprint density at radius 3 is 2.68 bits per heavy atom. The molecule has 38 heavy (non-hydrogen) atoms. The zero-order chi connectivity index (χ0) is 25.6. The molecular weight excluding hydrogens is 478 g/mol. The van der Waals surface area contributed by atoms with E-state index in [1.54, 1.807) is 17.8 Å². The van der Waals surface area contributed by atoms with Crippen LogP contribution in [0.3, 0.4) is 0 Å². The van der Waals surface area contributed by atoms with Gasteiger partial charge < -0.3 is 19.9 Å². The van der Waals surface area contributed by atoms with Crippen LogP contribution in [0.1, 0.15) is 29.6 Å². The van der Waals surface area contributed by atoms with Crippen LogP contribution in [0.5, 0.6) is 0 Å². The second kappa shape index (κ2) is 9.49. The van der Waals surface area contributed by atoms with Gasteiger partial charge in [0.2, 0.25) is 0 Å². The molecule has 9 heteroatoms. The van der Waals surface area contributed by atoms with Crippen LogP contribution >= 0.6 is 0 Å². The minimum atomic E-state index is 0.0873. The van der Waals surface area contributed by atoms with Crippen LogP contribution in [0.2, 0.25) is 0 Å². The Kier molecular flexibility index (Phi) is 5.82. The summed E-state index contributed by atoms with van der Waals surface area (Å²) in [4.78, 5) is 28.3. The molecule has 2 bridgehead atoms. The highest BCUT2D eigenvalue weighted by molar-refractivity contribution is 5.97. The fraction of sp³-hybridized carbons (Fsp3) is 0.379. The zero-order valence-electron chi connectivity index (χ0n) is 21.5. The minimum Gasteiger partial charge on any atom is -0.378 e. The van der Waals surface area contributed by atoms with E-state index in [1.807, 2.05) is 54.7 Å². The van der Waals surface area contributed by atoms with Gasteiger partial charge in [0.05, 0.1) is 29.3 Å². The number of nitrogens with zero attached hydrogens (tertiary/aromatic N) is 6. The normalized spacial score (nSPS) is 21.5. The summed E-state index contributed by atoms with van der Waals surface area (Å²) in [5.41, 5.74) is 4.81. The van der Waals surface area contributed by atoms with E-state index < -0.39 is 0 Å². The van der Waals surface area contributed by atoms with E-state index in [0.29, 0.717) is 16.9 Å². The van der Waals surface area contributed by atoms with Gasteiger partial charge in [-0.05, 0) is 44.0 Å². The standard InChI is InChI=1S/C29H31N7O2/c1-38-23-17-34(18-23)27-14-20(29(37)36-21-7-8-22(36)15-30-11-9-21)13-26(32-27)24-16-31-35-12-10-25(33-28(24)35)19-5-3-2-4-6-19/h2-6,10,12-14,16,21-23,30H,7-9,11,15,17-18H2,1H3/t21-,22?/m1/s1. The minimum absolute atomic E-state index is 0.0873. The van der Waals surface area contributed by atoms with E-state index in [-0.39, 0.29) is 24.1 Å². The number of hydrogen-bond donors (Lipinski definition) is 1. The van der Waals surface area contributed by atoms with Crippen LogP contribution in [0.4, 0.5) is 5.82 Å². The molecule has 0 radical (unpaired) electrons. The van der Waals surface area contributed by atoms with E-state index in [0.717, 1.165) is 68.1 Å². The summed E-state index contributed by atoms with van der Waals surface area (Å²) in [6.07, 6.45) is 7.02. The van der Waals surface area contributed by atoms with Crippen molar-refractivity contribution in [3.8, 4) is 22.5 Å². The average molecular weight is 510 g/mol. The predicted molar refractivity (Wildman–Crippen MR) is 145 cm³/mol. The Morgan fingerprint density at radius 1 is 1.00 bits per heavy atom. The highest BCUT2D eigenvalue weighted by Crippen LogP contribution is 2.33. The van der Waals surface area contributed by atoms with Gasteiger partial charge in [-0.25, -0.2) is 14.5 Å². The van der Waals surface area contributed by atoms with Gasteiger partial charge in [0, 0.05) is 56.2 Å². The van der Waals surface area contributed by atoms with Crippen molar-refractivity contribution >= 4 is 17.4 Å². The van der Waals surface area contributed by atoms with Crippen molar-refractivity contribution in [1.82, 2.24) is 29.8 Å². The molecule has 3 aliphatic rings. The number of fused-ring (bicyclic) bond motifs is 3. The number of amides is 1. The molecule has 7 rings (SSSR count). The Hall–Kier alpha value is -3.82. The van der Waals surface area contributed by atoms with Crippen molar-refractivity contribution < 1.29 is 9.53 Å². The first kappa shape index (κ1) is 23.3. The van der Waals surface area contributed by atoms with Crippen molar-refractivity contribution in [2.45, 2.75) is 37.5 Å². The SMILES string of the molecule is COC1CN(c2cc(C(=O)N3C4CC[C@@H]3CCNC4)cc(-c3cnn4ccc(-c5ccccc5)nc34)n2)C1. The molecule has 0 aliphatic carbocycles. The van der Waals surface area contributed by atoms with Crippen molar-refractivity contribution in [2.75, 3.05) is 38.2 Å². The Bertz CT molecular complexity index is 1470. The third-order valence-corrected chi connectivity index (χ3v) is 8.17. The molecule has 9 nitrogen and oxygen atoms in total. The van der Waals surface area contributed by atoms with Crippen LogP contribution in [0.25, 0.3) is 28.2 Å². The molecule has 0 spiro atoms. The molecule has 1 aromatic carbocycles. The molecule has 1 amide bonds. The summed E-state index contributed by atoms with van der Waals surface area (Å²) in [7, 11) is 1.74. The van der Waals surface area contributed by atoms with E-state index in [9.17, 15) is 4.79 Å². The number of pyridine rings is 1. The van der Waals surface area contributed by atoms with Gasteiger partial charge in [-0.2, -0.15) is 5.10 Å². The molecule has 3 fully saturated rings. The molecule has 4 aromatic rings. The third kappa shape index (κ3) is 4.02. The summed E-state index contributed by atoms with van der Waals surface area (Å²) in [6, 6.07) is 16.5. The lowest BCUT2D eigenvalue weighted by Gasteiger charge is -2.39. The monoisotopic (exact) mass is 509 g/mol. The molecule has 194 valence electrons. The van der Waals surface area contributed by atoms with Crippen LogP contribution < -0.4 is 10.2 Å². The first-order chi connectivity index (χ1) is 18.7. The van der Waals surface area contributed by atoms with Crippen LogP contribution in [0.15, 0.2) is 60.9 Å². The van der Waals surface area contributed by atoms with Gasteiger partial charge in [0.1, 0.15) is 5.82 Å². The molecule has 6 heterocycles. The predicted octanol–water partition coefficient (Wildman–Crippen LogP) is 3.26. The maximum Gasteiger partial charge on any atom is 0.254 e. The highest BCUT2D eigenvalue weighted by Gasteiger charge is 2.39. The van der Waals surface area contributed by atoms with Crippen LogP contribution in [0, 0.1) is 0 Å². The van der Waals surface area contributed by atoms with Gasteiger partial charge >= 0.3 is 0 Å². The number of carbonyl (C=O) groups excluding carboxylic acids is 1. The number of carbonyl (C=O) groups is 1. The number of hydrogen-bond acceptors (Lipinski definition) is 7. The topological polar surface area (TPSA) is 87.9 Å². The highest BCUT2D eigenvalue weighted by atomic mass is 16.5. The molecule has 1 unspecified atom stereocenters. The summed E-state index contributed by atoms with van der Waals surface area (Å²) < 4.78 is 7.27. The van der Waals surface area contributed by atoms with Crippen LogP contribution in [-0.2, 0) is 4.74 Å². The zero-order valence-corrected chi connectivity index (χ0v) is 21.5. The van der Waals surface area contributed by atoms with Crippen molar-refractivity contribution in [2.24, 2.45) is 0 Å². The molecule has 2 atom stereocenters. The van der Waals surface area contributed by atoms with Crippen molar-refractivity contribution in [3.63, 3.8) is 0 Å². The van der Waals surface area contributed by atoms with Crippen LogP contribution in [-0.4, -0.2) is 81.9 Å². The lowest BCUT2D eigenvalue weighted by molar-refractivity contribution is 0.0680. The quantitative estimate of drug-likeness (QED) is 0.442. The van der Waals surface area contributed by atoms with E-state index in [4.69, 9.17) is 14.7 Å². The molecule has 3 saturated heterocycles. The molecule has 0 saturated carbocycles. The molecular formula is C29H31N7O2. The maximum atomic E-state index is 14.0. The summed E-state index contributed by atoms with van der Waals surface area (Å²) in [6.45, 7) is 3.33. The number of aromatic nitrogens is 4. The summed E-state index contributed by atoms with van der Waals surface area (Å²) in [5, 5.41) is 8.05. The second-order valence-electron chi connectivity index (χ2n) is 10.5. The first-order valence-corrected chi connectivity index (χ1v) is 13.4. The smallest absolute Gasteiger partial charge is 0.254 e. The molecule has 1 N–H and O–H groups in total. The van der Waals surface area contributed by atoms with Gasteiger partial charge in [0.25, 0.3) is 5.91 Å². The lowest BCUT2D eigenvalue weighted by Crippen LogP contribution is -2.52. The number of rotatable bonds is 5. The number of anilines is 1. The van der Waals surface area contributed by atoms with Gasteiger partial charge in [-0.3, -0.25) is 4.79 Å². The fourth-order valence-corrected chi connectivity index (χ4v) is 6.00. The van der Waals surface area contributed by atoms with Crippen molar-refractivity contribution in [1.29, 1.82) is 0 Å². The average Bonchev–Trinajstić information content (AvgIpc) is 3.46. The number of methoxy groups -OCH3 is 1. The van der Waals surface area contributed by atoms with Gasteiger partial charge in [0.15, 0.2) is 5.65 Å². The number of benzene rings is 1. The van der Waals surface area contributed by atoms with E-state index in [1.165, 1.54) is 0 Å². The summed E-state index contributed by atoms with van der Waals surface area (Å²) in [5.74, 6) is 0.877. The van der Waals surface area contributed by atoms with E-state index in [2.05, 4.69) is 20.2 Å². The molecule has 3 aromatic heterocycles. The Morgan fingerprint density at radius 2 is 1.84 bits per heavy atom. The fourth-order valence-electron chi connectivity index (χ4n) is 6.00. The largest absolute Gasteiger partial charge is 0.378 e. The number of nitrogens with one attached hydrogen (secondary N) is 1. The van der Waals surface area contributed by atoms with Crippen molar-refractivity contribution in [3.05, 3.63) is 66.5 Å². The Labute approximate surface area is 221 Å². The van der Waals surface area contributed by atoms with E-state index >= 15 is 0 Å². The Balaban J connectivity index is 1.31. The maximum absolute atomic E-state index is 14.0.